The third-order valence-corrected chi connectivity index (χ3v) is 5.11. The number of anilines is 1. The first-order valence-corrected chi connectivity index (χ1v) is 9.60. The van der Waals surface area contributed by atoms with Gasteiger partial charge in [0.25, 0.3) is 0 Å². The quantitative estimate of drug-likeness (QED) is 0.637. The van der Waals surface area contributed by atoms with Crippen molar-refractivity contribution in [2.24, 2.45) is 0 Å². The Kier molecular flexibility index (Phi) is 5.43. The number of fused-ring (bicyclic) bond motifs is 1. The van der Waals surface area contributed by atoms with Gasteiger partial charge in [-0.1, -0.05) is 24.3 Å². The van der Waals surface area contributed by atoms with Gasteiger partial charge in [-0.15, -0.1) is 0 Å². The molecule has 5 nitrogen and oxygen atoms in total. The van der Waals surface area contributed by atoms with Gasteiger partial charge in [-0.2, -0.15) is 8.78 Å². The summed E-state index contributed by atoms with van der Waals surface area (Å²) >= 11 is 0. The number of hydrogen-bond donors (Lipinski definition) is 0. The van der Waals surface area contributed by atoms with Crippen molar-refractivity contribution in [1.29, 1.82) is 0 Å². The largest absolute Gasteiger partial charge is 0.492 e. The lowest BCUT2D eigenvalue weighted by Gasteiger charge is -2.36. The molecule has 148 valence electrons. The van der Waals surface area contributed by atoms with Crippen LogP contribution in [0.2, 0.25) is 0 Å². The number of nitrogens with zero attached hydrogens (tertiary/aromatic N) is 4. The van der Waals surface area contributed by atoms with Crippen LogP contribution in [0, 0.1) is 0 Å². The highest BCUT2D eigenvalue weighted by Gasteiger charge is 2.23. The number of alkyl halides is 2. The molecule has 7 heteroatoms. The molecule has 0 amide bonds. The van der Waals surface area contributed by atoms with E-state index in [-0.39, 0.29) is 0 Å². The number of aromatic nitrogens is 2. The SMILES string of the molecule is CCOc1ccccc1N1CCN(Cc2nc3ccccc3n2C(F)F)CC1. The van der Waals surface area contributed by atoms with E-state index in [9.17, 15) is 8.78 Å². The molecule has 2 aromatic carbocycles. The lowest BCUT2D eigenvalue weighted by Crippen LogP contribution is -2.46. The number of piperazine rings is 1. The molecule has 3 aromatic rings. The second-order valence-electron chi connectivity index (χ2n) is 6.83. The first kappa shape index (κ1) is 18.7. The molecule has 1 saturated heterocycles. The highest BCUT2D eigenvalue weighted by atomic mass is 19.3. The van der Waals surface area contributed by atoms with Crippen molar-refractivity contribution in [2.75, 3.05) is 37.7 Å². The molecule has 1 aliphatic heterocycles. The average molecular weight is 386 g/mol. The van der Waals surface area contributed by atoms with Gasteiger partial charge in [0.1, 0.15) is 11.6 Å². The number of ether oxygens (including phenoxy) is 1. The molecule has 4 rings (SSSR count). The number of benzene rings is 2. The van der Waals surface area contributed by atoms with Gasteiger partial charge in [0.15, 0.2) is 0 Å². The lowest BCUT2D eigenvalue weighted by atomic mass is 10.2. The summed E-state index contributed by atoms with van der Waals surface area (Å²) in [7, 11) is 0. The minimum absolute atomic E-state index is 0.416. The zero-order valence-corrected chi connectivity index (χ0v) is 15.9. The number of para-hydroxylation sites is 4. The molecule has 1 aliphatic rings. The van der Waals surface area contributed by atoms with Crippen LogP contribution in [0.1, 0.15) is 19.3 Å². The van der Waals surface area contributed by atoms with Crippen molar-refractivity contribution in [3.8, 4) is 5.75 Å². The smallest absolute Gasteiger partial charge is 0.320 e. The van der Waals surface area contributed by atoms with Gasteiger partial charge >= 0.3 is 6.55 Å². The van der Waals surface area contributed by atoms with Gasteiger partial charge in [-0.3, -0.25) is 9.47 Å². The third-order valence-electron chi connectivity index (χ3n) is 5.11. The van der Waals surface area contributed by atoms with E-state index in [2.05, 4.69) is 20.9 Å². The normalized spacial score (nSPS) is 15.5. The fourth-order valence-corrected chi connectivity index (χ4v) is 3.77. The molecule has 0 N–H and O–H groups in total. The topological polar surface area (TPSA) is 33.5 Å². The Labute approximate surface area is 163 Å². The first-order valence-electron chi connectivity index (χ1n) is 9.60. The fraction of sp³-hybridized carbons (Fsp3) is 0.381. The van der Waals surface area contributed by atoms with E-state index in [1.165, 1.54) is 0 Å². The van der Waals surface area contributed by atoms with E-state index in [1.54, 1.807) is 18.2 Å². The van der Waals surface area contributed by atoms with Crippen LogP contribution in [0.5, 0.6) is 5.75 Å². The van der Waals surface area contributed by atoms with Crippen molar-refractivity contribution in [2.45, 2.75) is 20.0 Å². The molecule has 0 saturated carbocycles. The second kappa shape index (κ2) is 8.14. The van der Waals surface area contributed by atoms with Gasteiger partial charge in [0.2, 0.25) is 0 Å². The van der Waals surface area contributed by atoms with Crippen LogP contribution < -0.4 is 9.64 Å². The Morgan fingerprint density at radius 3 is 2.46 bits per heavy atom. The van der Waals surface area contributed by atoms with Crippen molar-refractivity contribution in [1.82, 2.24) is 14.5 Å². The van der Waals surface area contributed by atoms with Gasteiger partial charge in [-0.25, -0.2) is 4.98 Å². The first-order chi connectivity index (χ1) is 13.7. The Hall–Kier alpha value is -2.67. The zero-order chi connectivity index (χ0) is 19.5. The van der Waals surface area contributed by atoms with E-state index >= 15 is 0 Å². The van der Waals surface area contributed by atoms with Crippen LogP contribution in [-0.2, 0) is 6.54 Å². The van der Waals surface area contributed by atoms with Crippen LogP contribution in [0.25, 0.3) is 11.0 Å². The average Bonchev–Trinajstić information content (AvgIpc) is 3.07. The van der Waals surface area contributed by atoms with E-state index in [1.807, 2.05) is 31.2 Å². The third kappa shape index (κ3) is 3.67. The van der Waals surface area contributed by atoms with E-state index < -0.39 is 6.55 Å². The Balaban J connectivity index is 1.47. The summed E-state index contributed by atoms with van der Waals surface area (Å²) in [4.78, 5) is 8.92. The minimum Gasteiger partial charge on any atom is -0.492 e. The zero-order valence-electron chi connectivity index (χ0n) is 15.9. The highest BCUT2D eigenvalue weighted by molar-refractivity contribution is 5.76. The van der Waals surface area contributed by atoms with Crippen LogP contribution in [0.4, 0.5) is 14.5 Å². The van der Waals surface area contributed by atoms with E-state index in [4.69, 9.17) is 4.74 Å². The number of halogens is 2. The standard InChI is InChI=1S/C21H24F2N4O/c1-2-28-19-10-6-5-9-18(19)26-13-11-25(12-14-26)15-20-24-16-7-3-4-8-17(16)27(20)21(22)23/h3-10,21H,2,11-15H2,1H3. The lowest BCUT2D eigenvalue weighted by molar-refractivity contribution is 0.0681. The van der Waals surface area contributed by atoms with Crippen LogP contribution in [0.15, 0.2) is 48.5 Å². The van der Waals surface area contributed by atoms with Gasteiger partial charge < -0.3 is 9.64 Å². The summed E-state index contributed by atoms with van der Waals surface area (Å²) in [5.74, 6) is 1.30. The van der Waals surface area contributed by atoms with E-state index in [0.717, 1.165) is 42.2 Å². The summed E-state index contributed by atoms with van der Waals surface area (Å²) in [6, 6.07) is 15.1. The molecule has 0 radical (unpaired) electrons. The summed E-state index contributed by atoms with van der Waals surface area (Å²) < 4.78 is 34.0. The van der Waals surface area contributed by atoms with Gasteiger partial charge in [0.05, 0.1) is 29.9 Å². The Morgan fingerprint density at radius 2 is 1.71 bits per heavy atom. The summed E-state index contributed by atoms with van der Waals surface area (Å²) in [6.07, 6.45) is 0. The van der Waals surface area contributed by atoms with Gasteiger partial charge in [-0.05, 0) is 31.2 Å². The number of rotatable bonds is 6. The second-order valence-corrected chi connectivity index (χ2v) is 6.83. The molecular formula is C21H24F2N4O. The maximum Gasteiger partial charge on any atom is 0.320 e. The molecule has 0 bridgehead atoms. The molecular weight excluding hydrogens is 362 g/mol. The molecule has 1 aromatic heterocycles. The van der Waals surface area contributed by atoms with E-state index in [0.29, 0.717) is 30.0 Å². The number of imidazole rings is 1. The Bertz CT molecular complexity index is 935. The fourth-order valence-electron chi connectivity index (χ4n) is 3.77. The molecule has 0 aliphatic carbocycles. The molecule has 1 fully saturated rings. The van der Waals surface area contributed by atoms with Gasteiger partial charge in [0, 0.05) is 26.2 Å². The van der Waals surface area contributed by atoms with Crippen molar-refractivity contribution < 1.29 is 13.5 Å². The van der Waals surface area contributed by atoms with Crippen molar-refractivity contribution in [3.05, 3.63) is 54.4 Å². The highest BCUT2D eigenvalue weighted by Crippen LogP contribution is 2.29. The number of hydrogen-bond acceptors (Lipinski definition) is 4. The molecule has 2 heterocycles. The summed E-state index contributed by atoms with van der Waals surface area (Å²) in [6.45, 7) is 3.63. The van der Waals surface area contributed by atoms with Crippen LogP contribution >= 0.6 is 0 Å². The molecule has 0 atom stereocenters. The monoisotopic (exact) mass is 386 g/mol. The molecule has 0 unspecified atom stereocenters. The maximum atomic E-state index is 13.6. The molecule has 28 heavy (non-hydrogen) atoms. The minimum atomic E-state index is -2.60. The molecule has 0 spiro atoms. The summed E-state index contributed by atoms with van der Waals surface area (Å²) in [5, 5.41) is 0. The predicted molar refractivity (Wildman–Crippen MR) is 106 cm³/mol. The Morgan fingerprint density at radius 1 is 1.00 bits per heavy atom. The van der Waals surface area contributed by atoms with Crippen molar-refractivity contribution >= 4 is 16.7 Å². The van der Waals surface area contributed by atoms with Crippen molar-refractivity contribution in [3.63, 3.8) is 0 Å². The van der Waals surface area contributed by atoms with Crippen LogP contribution in [-0.4, -0.2) is 47.2 Å². The van der Waals surface area contributed by atoms with Crippen LogP contribution in [0.3, 0.4) is 0 Å². The predicted octanol–water partition coefficient (Wildman–Crippen LogP) is 4.15. The maximum absolute atomic E-state index is 13.6. The summed E-state index contributed by atoms with van der Waals surface area (Å²) in [5.41, 5.74) is 2.18.